The van der Waals surface area contributed by atoms with E-state index < -0.39 is 5.97 Å². The van der Waals surface area contributed by atoms with E-state index in [4.69, 9.17) is 5.11 Å². The molecule has 0 atom stereocenters. The summed E-state index contributed by atoms with van der Waals surface area (Å²) >= 11 is 0. The van der Waals surface area contributed by atoms with Crippen molar-refractivity contribution in [3.05, 3.63) is 41.7 Å². The first-order chi connectivity index (χ1) is 9.06. The van der Waals surface area contributed by atoms with Crippen LogP contribution in [0.15, 0.2) is 30.5 Å². The van der Waals surface area contributed by atoms with Gasteiger partial charge in [-0.1, -0.05) is 38.1 Å². The van der Waals surface area contributed by atoms with Crippen LogP contribution >= 0.6 is 0 Å². The van der Waals surface area contributed by atoms with Gasteiger partial charge in [0, 0.05) is 17.5 Å². The molecule has 0 radical (unpaired) electrons. The molecule has 0 saturated heterocycles. The number of nitrogens with zero attached hydrogens (tertiary/aromatic N) is 1. The highest BCUT2D eigenvalue weighted by Gasteiger charge is 2.06. The van der Waals surface area contributed by atoms with Gasteiger partial charge in [0.25, 0.3) is 0 Å². The number of aliphatic carboxylic acids is 1. The molecule has 0 aliphatic heterocycles. The van der Waals surface area contributed by atoms with Crippen molar-refractivity contribution in [2.75, 3.05) is 0 Å². The number of aromatic nitrogens is 2. The summed E-state index contributed by atoms with van der Waals surface area (Å²) < 4.78 is 0. The van der Waals surface area contributed by atoms with Crippen LogP contribution in [0.2, 0.25) is 0 Å². The smallest absolute Gasteiger partial charge is 0.303 e. The number of hydrogen-bond donors (Lipinski definition) is 2. The summed E-state index contributed by atoms with van der Waals surface area (Å²) in [4.78, 5) is 18.0. The molecule has 1 aromatic heterocycles. The largest absolute Gasteiger partial charge is 0.481 e. The second-order valence-corrected chi connectivity index (χ2v) is 4.93. The van der Waals surface area contributed by atoms with E-state index in [0.717, 1.165) is 17.1 Å². The highest BCUT2D eigenvalue weighted by molar-refractivity contribution is 5.67. The first-order valence-corrected chi connectivity index (χ1v) is 6.42. The molecule has 100 valence electrons. The lowest BCUT2D eigenvalue weighted by molar-refractivity contribution is -0.136. The number of imidazole rings is 1. The number of carboxylic acids is 1. The summed E-state index contributed by atoms with van der Waals surface area (Å²) in [5.74, 6) is 0.505. The zero-order valence-corrected chi connectivity index (χ0v) is 11.2. The fourth-order valence-corrected chi connectivity index (χ4v) is 1.90. The molecule has 2 rings (SSSR count). The third-order valence-electron chi connectivity index (χ3n) is 3.09. The Morgan fingerprint density at radius 2 is 2.00 bits per heavy atom. The number of nitrogens with one attached hydrogen (secondary N) is 1. The van der Waals surface area contributed by atoms with Crippen molar-refractivity contribution in [3.63, 3.8) is 0 Å². The molecule has 2 N–H and O–H groups in total. The molecular weight excluding hydrogens is 240 g/mol. The lowest BCUT2D eigenvalue weighted by Crippen LogP contribution is -1.97. The van der Waals surface area contributed by atoms with E-state index >= 15 is 0 Å². The number of benzene rings is 1. The van der Waals surface area contributed by atoms with Crippen molar-refractivity contribution in [1.29, 1.82) is 0 Å². The van der Waals surface area contributed by atoms with Crippen molar-refractivity contribution in [1.82, 2.24) is 9.97 Å². The Hall–Kier alpha value is -2.10. The average Bonchev–Trinajstić information content (AvgIpc) is 2.85. The molecule has 0 amide bonds. The number of carbonyl (C=O) groups is 1. The Morgan fingerprint density at radius 3 is 2.58 bits per heavy atom. The minimum atomic E-state index is -0.794. The zero-order valence-electron chi connectivity index (χ0n) is 11.2. The van der Waals surface area contributed by atoms with Gasteiger partial charge in [0.05, 0.1) is 6.42 Å². The number of hydrogen-bond acceptors (Lipinski definition) is 2. The summed E-state index contributed by atoms with van der Waals surface area (Å²) in [6, 6.07) is 8.27. The molecular formula is C15H18N2O2. The number of aryl methyl sites for hydroxylation is 1. The number of H-pyrrole nitrogens is 1. The topological polar surface area (TPSA) is 66.0 Å². The Kier molecular flexibility index (Phi) is 4.00. The second kappa shape index (κ2) is 5.69. The summed E-state index contributed by atoms with van der Waals surface area (Å²) in [5.41, 5.74) is 3.16. The van der Waals surface area contributed by atoms with E-state index in [9.17, 15) is 4.79 Å². The third kappa shape index (κ3) is 3.44. The van der Waals surface area contributed by atoms with Gasteiger partial charge in [-0.25, -0.2) is 4.98 Å². The van der Waals surface area contributed by atoms with Crippen LogP contribution in [0.3, 0.4) is 0 Å². The van der Waals surface area contributed by atoms with Gasteiger partial charge >= 0.3 is 5.97 Å². The molecule has 0 saturated carbocycles. The summed E-state index contributed by atoms with van der Waals surface area (Å²) in [7, 11) is 0. The van der Waals surface area contributed by atoms with Gasteiger partial charge in [-0.3, -0.25) is 4.79 Å². The van der Waals surface area contributed by atoms with Gasteiger partial charge in [-0.15, -0.1) is 0 Å². The highest BCUT2D eigenvalue weighted by atomic mass is 16.4. The maximum atomic E-state index is 10.5. The third-order valence-corrected chi connectivity index (χ3v) is 3.09. The number of rotatable bonds is 5. The SMILES string of the molecule is CC(C)c1ccc(-c2ncc(CCC(=O)O)[nH]2)cc1. The summed E-state index contributed by atoms with van der Waals surface area (Å²) in [6.07, 6.45) is 2.30. The number of aromatic amines is 1. The maximum Gasteiger partial charge on any atom is 0.303 e. The van der Waals surface area contributed by atoms with Crippen molar-refractivity contribution < 1.29 is 9.90 Å². The fraction of sp³-hybridized carbons (Fsp3) is 0.333. The first-order valence-electron chi connectivity index (χ1n) is 6.42. The summed E-state index contributed by atoms with van der Waals surface area (Å²) in [6.45, 7) is 4.32. The fourth-order valence-electron chi connectivity index (χ4n) is 1.90. The highest BCUT2D eigenvalue weighted by Crippen LogP contribution is 2.20. The predicted octanol–water partition coefficient (Wildman–Crippen LogP) is 3.22. The molecule has 1 heterocycles. The van der Waals surface area contributed by atoms with Crippen molar-refractivity contribution in [2.24, 2.45) is 0 Å². The standard InChI is InChI=1S/C15H18N2O2/c1-10(2)11-3-5-12(6-4-11)15-16-9-13(17-15)7-8-14(18)19/h3-6,9-10H,7-8H2,1-2H3,(H,16,17)(H,18,19). The van der Waals surface area contributed by atoms with Gasteiger partial charge in [-0.05, 0) is 17.9 Å². The molecule has 4 heteroatoms. The van der Waals surface area contributed by atoms with Crippen molar-refractivity contribution in [2.45, 2.75) is 32.6 Å². The monoisotopic (exact) mass is 258 g/mol. The van der Waals surface area contributed by atoms with Crippen LogP contribution in [-0.2, 0) is 11.2 Å². The minimum Gasteiger partial charge on any atom is -0.481 e. The second-order valence-electron chi connectivity index (χ2n) is 4.93. The van der Waals surface area contributed by atoms with Crippen LogP contribution in [0.4, 0.5) is 0 Å². The van der Waals surface area contributed by atoms with Crippen LogP contribution in [0.25, 0.3) is 11.4 Å². The molecule has 0 spiro atoms. The molecule has 0 aliphatic carbocycles. The predicted molar refractivity (Wildman–Crippen MR) is 74.1 cm³/mol. The quantitative estimate of drug-likeness (QED) is 0.865. The van der Waals surface area contributed by atoms with E-state index in [1.807, 2.05) is 12.1 Å². The molecule has 4 nitrogen and oxygen atoms in total. The maximum absolute atomic E-state index is 10.5. The minimum absolute atomic E-state index is 0.119. The Morgan fingerprint density at radius 1 is 1.32 bits per heavy atom. The Labute approximate surface area is 112 Å². The summed E-state index contributed by atoms with van der Waals surface area (Å²) in [5, 5.41) is 8.65. The van der Waals surface area contributed by atoms with Gasteiger partial charge in [-0.2, -0.15) is 0 Å². The van der Waals surface area contributed by atoms with Crippen LogP contribution in [0.5, 0.6) is 0 Å². The van der Waals surface area contributed by atoms with E-state index in [-0.39, 0.29) is 6.42 Å². The normalized spacial score (nSPS) is 10.9. The molecule has 0 unspecified atom stereocenters. The molecule has 2 aromatic rings. The van der Waals surface area contributed by atoms with Gasteiger partial charge in [0.2, 0.25) is 0 Å². The zero-order chi connectivity index (χ0) is 13.8. The molecule has 19 heavy (non-hydrogen) atoms. The molecule has 0 bridgehead atoms. The van der Waals surface area contributed by atoms with E-state index in [1.54, 1.807) is 6.20 Å². The number of carboxylic acid groups (broad SMARTS) is 1. The Balaban J connectivity index is 2.11. The molecule has 1 aromatic carbocycles. The van der Waals surface area contributed by atoms with Gasteiger partial charge in [0.15, 0.2) is 0 Å². The van der Waals surface area contributed by atoms with Gasteiger partial charge in [0.1, 0.15) is 5.82 Å². The lowest BCUT2D eigenvalue weighted by Gasteiger charge is -2.05. The van der Waals surface area contributed by atoms with Crippen LogP contribution in [-0.4, -0.2) is 21.0 Å². The first kappa shape index (κ1) is 13.3. The Bertz CT molecular complexity index is 556. The van der Waals surface area contributed by atoms with Crippen LogP contribution < -0.4 is 0 Å². The molecule has 0 aliphatic rings. The van der Waals surface area contributed by atoms with Crippen LogP contribution in [0, 0.1) is 0 Å². The van der Waals surface area contributed by atoms with E-state index in [0.29, 0.717) is 12.3 Å². The van der Waals surface area contributed by atoms with Crippen molar-refractivity contribution in [3.8, 4) is 11.4 Å². The lowest BCUT2D eigenvalue weighted by atomic mass is 10.0. The van der Waals surface area contributed by atoms with E-state index in [1.165, 1.54) is 5.56 Å². The average molecular weight is 258 g/mol. The van der Waals surface area contributed by atoms with Gasteiger partial charge < -0.3 is 10.1 Å². The van der Waals surface area contributed by atoms with Crippen molar-refractivity contribution >= 4 is 5.97 Å². The molecule has 0 fully saturated rings. The van der Waals surface area contributed by atoms with E-state index in [2.05, 4.69) is 35.9 Å². The van der Waals surface area contributed by atoms with Crippen LogP contribution in [0.1, 0.15) is 37.4 Å².